The normalized spacial score (nSPS) is 14.6. The highest BCUT2D eigenvalue weighted by Gasteiger charge is 2.32. The summed E-state index contributed by atoms with van der Waals surface area (Å²) in [6, 6.07) is 5.90. The Morgan fingerprint density at radius 1 is 1.39 bits per heavy atom. The summed E-state index contributed by atoms with van der Waals surface area (Å²) < 4.78 is 0. The third-order valence-electron chi connectivity index (χ3n) is 2.97. The van der Waals surface area contributed by atoms with Crippen molar-refractivity contribution in [3.63, 3.8) is 0 Å². The van der Waals surface area contributed by atoms with Gasteiger partial charge in [-0.2, -0.15) is 0 Å². The van der Waals surface area contributed by atoms with Crippen molar-refractivity contribution in [2.75, 3.05) is 13.6 Å². The maximum Gasteiger partial charge on any atom is 0.237 e. The fourth-order valence-corrected chi connectivity index (χ4v) is 2.22. The molecule has 0 bridgehead atoms. The number of nitrogens with one attached hydrogen (secondary N) is 1. The van der Waals surface area contributed by atoms with E-state index in [2.05, 4.69) is 5.32 Å². The SMILES string of the molecule is CNCC(=O)N(Cc1ccc(Cl)c(Cl)c1)C1CC1. The van der Waals surface area contributed by atoms with E-state index in [1.165, 1.54) is 0 Å². The maximum absolute atomic E-state index is 12.0. The lowest BCUT2D eigenvalue weighted by Crippen LogP contribution is -2.38. The Morgan fingerprint density at radius 3 is 2.67 bits per heavy atom. The molecule has 2 rings (SSSR count). The van der Waals surface area contributed by atoms with Crippen molar-refractivity contribution in [1.29, 1.82) is 0 Å². The van der Waals surface area contributed by atoms with E-state index < -0.39 is 0 Å². The van der Waals surface area contributed by atoms with Crippen LogP contribution in [0.25, 0.3) is 0 Å². The van der Waals surface area contributed by atoms with Gasteiger partial charge in [0.05, 0.1) is 16.6 Å². The van der Waals surface area contributed by atoms with Crippen LogP contribution < -0.4 is 5.32 Å². The Balaban J connectivity index is 2.08. The minimum Gasteiger partial charge on any atom is -0.334 e. The molecule has 1 aromatic rings. The van der Waals surface area contributed by atoms with Gasteiger partial charge in [-0.15, -0.1) is 0 Å². The summed E-state index contributed by atoms with van der Waals surface area (Å²) in [7, 11) is 1.78. The van der Waals surface area contributed by atoms with E-state index in [1.54, 1.807) is 13.1 Å². The summed E-state index contributed by atoms with van der Waals surface area (Å²) in [6.45, 7) is 0.972. The third kappa shape index (κ3) is 3.37. The minimum absolute atomic E-state index is 0.131. The quantitative estimate of drug-likeness (QED) is 0.903. The van der Waals surface area contributed by atoms with Crippen LogP contribution >= 0.6 is 23.2 Å². The van der Waals surface area contributed by atoms with Crippen LogP contribution in [0.1, 0.15) is 18.4 Å². The van der Waals surface area contributed by atoms with Crippen molar-refractivity contribution >= 4 is 29.1 Å². The number of amides is 1. The summed E-state index contributed by atoms with van der Waals surface area (Å²) in [6.07, 6.45) is 2.19. The molecule has 5 heteroatoms. The number of benzene rings is 1. The molecule has 1 aliphatic rings. The number of carbonyl (C=O) groups is 1. The Bertz CT molecular complexity index is 447. The Labute approximate surface area is 117 Å². The van der Waals surface area contributed by atoms with E-state index in [0.29, 0.717) is 29.2 Å². The van der Waals surface area contributed by atoms with E-state index in [0.717, 1.165) is 18.4 Å². The third-order valence-corrected chi connectivity index (χ3v) is 3.71. The van der Waals surface area contributed by atoms with Crippen LogP contribution in [-0.2, 0) is 11.3 Å². The van der Waals surface area contributed by atoms with Crippen molar-refractivity contribution in [3.05, 3.63) is 33.8 Å². The number of carbonyl (C=O) groups excluding carboxylic acids is 1. The highest BCUT2D eigenvalue weighted by molar-refractivity contribution is 6.42. The van der Waals surface area contributed by atoms with E-state index in [4.69, 9.17) is 23.2 Å². The second kappa shape index (κ2) is 5.91. The highest BCUT2D eigenvalue weighted by atomic mass is 35.5. The molecule has 0 saturated heterocycles. The first kappa shape index (κ1) is 13.7. The number of halogens is 2. The Hall–Kier alpha value is -0.770. The zero-order valence-electron chi connectivity index (χ0n) is 10.2. The second-order valence-electron chi connectivity index (χ2n) is 4.53. The van der Waals surface area contributed by atoms with Crippen LogP contribution in [-0.4, -0.2) is 30.4 Å². The van der Waals surface area contributed by atoms with Crippen molar-refractivity contribution < 1.29 is 4.79 Å². The Morgan fingerprint density at radius 2 is 2.11 bits per heavy atom. The largest absolute Gasteiger partial charge is 0.334 e. The molecule has 1 fully saturated rings. The molecule has 0 atom stereocenters. The molecule has 0 heterocycles. The number of rotatable bonds is 5. The van der Waals surface area contributed by atoms with Gasteiger partial charge >= 0.3 is 0 Å². The first-order valence-corrected chi connectivity index (χ1v) is 6.75. The lowest BCUT2D eigenvalue weighted by Gasteiger charge is -2.22. The van der Waals surface area contributed by atoms with Crippen molar-refractivity contribution in [1.82, 2.24) is 10.2 Å². The van der Waals surface area contributed by atoms with E-state index in [-0.39, 0.29) is 5.91 Å². The van der Waals surface area contributed by atoms with Gasteiger partial charge < -0.3 is 10.2 Å². The van der Waals surface area contributed by atoms with Crippen LogP contribution in [0.15, 0.2) is 18.2 Å². The average molecular weight is 287 g/mol. The smallest absolute Gasteiger partial charge is 0.237 e. The van der Waals surface area contributed by atoms with Gasteiger partial charge in [0.25, 0.3) is 0 Å². The predicted octanol–water partition coefficient (Wildman–Crippen LogP) is 2.70. The number of nitrogens with zero attached hydrogens (tertiary/aromatic N) is 1. The molecular formula is C13H16Cl2N2O. The van der Waals surface area contributed by atoms with Gasteiger partial charge in [-0.3, -0.25) is 4.79 Å². The van der Waals surface area contributed by atoms with Crippen LogP contribution in [0.5, 0.6) is 0 Å². The molecule has 18 heavy (non-hydrogen) atoms. The number of likely N-dealkylation sites (N-methyl/N-ethyl adjacent to an activating group) is 1. The van der Waals surface area contributed by atoms with Crippen LogP contribution in [0.2, 0.25) is 10.0 Å². The zero-order valence-corrected chi connectivity index (χ0v) is 11.8. The lowest BCUT2D eigenvalue weighted by atomic mass is 10.2. The summed E-state index contributed by atoms with van der Waals surface area (Å²) in [5, 5.41) is 3.97. The van der Waals surface area contributed by atoms with E-state index in [9.17, 15) is 4.79 Å². The first-order chi connectivity index (χ1) is 8.61. The van der Waals surface area contributed by atoms with Crippen molar-refractivity contribution in [2.24, 2.45) is 0 Å². The second-order valence-corrected chi connectivity index (χ2v) is 5.35. The molecule has 1 saturated carbocycles. The lowest BCUT2D eigenvalue weighted by molar-refractivity contribution is -0.131. The van der Waals surface area contributed by atoms with Gasteiger partial charge in [0.15, 0.2) is 0 Å². The van der Waals surface area contributed by atoms with Gasteiger partial charge in [-0.05, 0) is 37.6 Å². The van der Waals surface area contributed by atoms with Crippen molar-refractivity contribution in [3.8, 4) is 0 Å². The molecule has 0 aromatic heterocycles. The molecule has 1 aliphatic carbocycles. The fourth-order valence-electron chi connectivity index (χ4n) is 1.89. The molecule has 1 amide bonds. The molecule has 0 radical (unpaired) electrons. The monoisotopic (exact) mass is 286 g/mol. The molecule has 98 valence electrons. The zero-order chi connectivity index (χ0) is 13.1. The number of hydrogen-bond acceptors (Lipinski definition) is 2. The summed E-state index contributed by atoms with van der Waals surface area (Å²) >= 11 is 11.9. The molecule has 0 aliphatic heterocycles. The van der Waals surface area contributed by atoms with E-state index in [1.807, 2.05) is 17.0 Å². The van der Waals surface area contributed by atoms with Crippen LogP contribution in [0.4, 0.5) is 0 Å². The maximum atomic E-state index is 12.0. The molecular weight excluding hydrogens is 271 g/mol. The minimum atomic E-state index is 0.131. The summed E-state index contributed by atoms with van der Waals surface area (Å²) in [4.78, 5) is 13.9. The summed E-state index contributed by atoms with van der Waals surface area (Å²) in [5.74, 6) is 0.131. The standard InChI is InChI=1S/C13H16Cl2N2O/c1-16-7-13(18)17(10-3-4-10)8-9-2-5-11(14)12(15)6-9/h2,5-6,10,16H,3-4,7-8H2,1H3. The van der Waals surface area contributed by atoms with Crippen molar-refractivity contribution in [2.45, 2.75) is 25.4 Å². The molecule has 3 nitrogen and oxygen atoms in total. The molecule has 1 aromatic carbocycles. The predicted molar refractivity (Wildman–Crippen MR) is 74.0 cm³/mol. The topological polar surface area (TPSA) is 32.3 Å². The molecule has 1 N–H and O–H groups in total. The molecule has 0 unspecified atom stereocenters. The van der Waals surface area contributed by atoms with Gasteiger partial charge in [-0.1, -0.05) is 29.3 Å². The van der Waals surface area contributed by atoms with Gasteiger partial charge in [0, 0.05) is 12.6 Å². The molecule has 0 spiro atoms. The van der Waals surface area contributed by atoms with Gasteiger partial charge in [-0.25, -0.2) is 0 Å². The van der Waals surface area contributed by atoms with Gasteiger partial charge in [0.2, 0.25) is 5.91 Å². The average Bonchev–Trinajstić information content (AvgIpc) is 3.15. The van der Waals surface area contributed by atoms with Crippen LogP contribution in [0.3, 0.4) is 0 Å². The number of hydrogen-bond donors (Lipinski definition) is 1. The fraction of sp³-hybridized carbons (Fsp3) is 0.462. The van der Waals surface area contributed by atoms with Gasteiger partial charge in [0.1, 0.15) is 0 Å². The van der Waals surface area contributed by atoms with Crippen LogP contribution in [0, 0.1) is 0 Å². The highest BCUT2D eigenvalue weighted by Crippen LogP contribution is 2.29. The summed E-state index contributed by atoms with van der Waals surface area (Å²) in [5.41, 5.74) is 1.01. The van der Waals surface area contributed by atoms with E-state index >= 15 is 0 Å². The first-order valence-electron chi connectivity index (χ1n) is 6.00. The Kier molecular flexibility index (Phi) is 4.49.